The van der Waals surface area contributed by atoms with Gasteiger partial charge < -0.3 is 10.1 Å². The molecule has 0 heterocycles. The molecule has 2 aromatic rings. The first-order valence-electron chi connectivity index (χ1n) is 7.49. The number of benzene rings is 2. The Bertz CT molecular complexity index is 883. The first kappa shape index (κ1) is 19.3. The largest absolute Gasteiger partial charge is 0.449 e. The summed E-state index contributed by atoms with van der Waals surface area (Å²) in [4.78, 5) is 35.1. The van der Waals surface area contributed by atoms with Gasteiger partial charge in [0.2, 0.25) is 0 Å². The number of hydrogen-bond donors (Lipinski definition) is 1. The molecule has 0 radical (unpaired) electrons. The lowest BCUT2D eigenvalue weighted by Crippen LogP contribution is -2.30. The highest BCUT2D eigenvalue weighted by atomic mass is 32.2. The average Bonchev–Trinajstić information content (AvgIpc) is 2.61. The second-order valence-corrected chi connectivity index (χ2v) is 6.61. The number of amides is 1. The van der Waals surface area contributed by atoms with Crippen LogP contribution in [0.15, 0.2) is 53.4 Å². The van der Waals surface area contributed by atoms with Gasteiger partial charge in [-0.1, -0.05) is 24.3 Å². The van der Waals surface area contributed by atoms with Gasteiger partial charge in [-0.2, -0.15) is 0 Å². The lowest BCUT2D eigenvalue weighted by Gasteiger charge is -2.14. The number of carbonyl (C=O) groups excluding carboxylic acids is 2. The number of ether oxygens (including phenoxy) is 1. The molecule has 0 aliphatic heterocycles. The first-order valence-corrected chi connectivity index (χ1v) is 9.04. The Hall–Kier alpha value is -3.07. The molecule has 0 saturated carbocycles. The summed E-state index contributed by atoms with van der Waals surface area (Å²) in [7, 11) is -1.40. The Morgan fingerprint density at radius 2 is 1.77 bits per heavy atom. The first-order chi connectivity index (χ1) is 12.3. The zero-order valence-electron chi connectivity index (χ0n) is 14.0. The molecule has 0 aliphatic carbocycles. The summed E-state index contributed by atoms with van der Waals surface area (Å²) in [6, 6.07) is 11.8. The molecule has 0 spiro atoms. The molecule has 136 valence electrons. The molecule has 9 heteroatoms. The van der Waals surface area contributed by atoms with E-state index in [9.17, 15) is 23.9 Å². The van der Waals surface area contributed by atoms with Crippen LogP contribution in [0.2, 0.25) is 0 Å². The Labute approximate surface area is 151 Å². The van der Waals surface area contributed by atoms with E-state index in [1.807, 2.05) is 0 Å². The number of para-hydroxylation sites is 2. The molecule has 0 saturated heterocycles. The number of nitrogens with one attached hydrogen (secondary N) is 1. The van der Waals surface area contributed by atoms with Crippen LogP contribution in [0.5, 0.6) is 0 Å². The van der Waals surface area contributed by atoms with E-state index in [4.69, 9.17) is 4.74 Å². The van der Waals surface area contributed by atoms with E-state index in [1.54, 1.807) is 12.1 Å². The van der Waals surface area contributed by atoms with Crippen molar-refractivity contribution in [1.29, 1.82) is 0 Å². The number of hydrogen-bond acceptors (Lipinski definition) is 6. The van der Waals surface area contributed by atoms with Gasteiger partial charge in [-0.3, -0.25) is 19.1 Å². The summed E-state index contributed by atoms with van der Waals surface area (Å²) in [5, 5.41) is 13.3. The van der Waals surface area contributed by atoms with Crippen LogP contribution in [0.3, 0.4) is 0 Å². The molecular formula is C17H16N2O6S. The number of nitro groups is 1. The number of carbonyl (C=O) groups is 2. The molecular weight excluding hydrogens is 360 g/mol. The predicted molar refractivity (Wildman–Crippen MR) is 95.4 cm³/mol. The van der Waals surface area contributed by atoms with Gasteiger partial charge in [0, 0.05) is 12.3 Å². The minimum absolute atomic E-state index is 0.000427. The normalized spacial score (nSPS) is 12.7. The molecule has 2 rings (SSSR count). The quantitative estimate of drug-likeness (QED) is 0.470. The number of nitro benzene ring substituents is 1. The Morgan fingerprint density at radius 1 is 1.15 bits per heavy atom. The summed E-state index contributed by atoms with van der Waals surface area (Å²) >= 11 is 0. The highest BCUT2D eigenvalue weighted by Crippen LogP contribution is 2.23. The lowest BCUT2D eigenvalue weighted by molar-refractivity contribution is -0.383. The Balaban J connectivity index is 2.12. The highest BCUT2D eigenvalue weighted by Gasteiger charge is 2.23. The summed E-state index contributed by atoms with van der Waals surface area (Å²) in [6.07, 6.45) is 0.220. The molecule has 1 N–H and O–H groups in total. The summed E-state index contributed by atoms with van der Waals surface area (Å²) in [5.41, 5.74) is -0.176. The topological polar surface area (TPSA) is 116 Å². The van der Waals surface area contributed by atoms with Crippen molar-refractivity contribution in [2.45, 2.75) is 17.9 Å². The maximum atomic E-state index is 12.3. The van der Waals surface area contributed by atoms with Gasteiger partial charge in [-0.15, -0.1) is 0 Å². The zero-order chi connectivity index (χ0) is 19.3. The van der Waals surface area contributed by atoms with Gasteiger partial charge in [-0.05, 0) is 25.1 Å². The molecule has 2 atom stereocenters. The van der Waals surface area contributed by atoms with E-state index in [1.165, 1.54) is 49.6 Å². The van der Waals surface area contributed by atoms with Gasteiger partial charge in [0.05, 0.1) is 26.2 Å². The number of esters is 1. The standard InChI is InChI=1S/C17H16N2O6S/c1-11(16(20)18-13-8-4-5-9-14(13)19(22)23)25-17(21)12-7-3-6-10-15(12)26(2)24/h3-11H,1-2H3,(H,18,20)/t11-,26+/m0/s1. The molecule has 8 nitrogen and oxygen atoms in total. The molecule has 1 amide bonds. The molecule has 0 aliphatic rings. The summed E-state index contributed by atoms with van der Waals surface area (Å²) in [5.74, 6) is -1.52. The van der Waals surface area contributed by atoms with Crippen LogP contribution >= 0.6 is 0 Å². The van der Waals surface area contributed by atoms with Crippen LogP contribution in [-0.4, -0.2) is 33.4 Å². The van der Waals surface area contributed by atoms with Crippen LogP contribution in [0, 0.1) is 10.1 Å². The maximum absolute atomic E-state index is 12.3. The average molecular weight is 376 g/mol. The smallest absolute Gasteiger partial charge is 0.340 e. The highest BCUT2D eigenvalue weighted by molar-refractivity contribution is 7.84. The fourth-order valence-electron chi connectivity index (χ4n) is 2.14. The predicted octanol–water partition coefficient (Wildman–Crippen LogP) is 2.52. The van der Waals surface area contributed by atoms with Gasteiger partial charge in [0.15, 0.2) is 6.10 Å². The van der Waals surface area contributed by atoms with E-state index in [-0.39, 0.29) is 16.9 Å². The SMILES string of the molecule is C[C@H](OC(=O)c1ccccc1[S@@](C)=O)C(=O)Nc1ccccc1[N+](=O)[O-]. The van der Waals surface area contributed by atoms with Crippen molar-refractivity contribution >= 4 is 34.1 Å². The molecule has 0 aromatic heterocycles. The van der Waals surface area contributed by atoms with E-state index in [0.29, 0.717) is 4.90 Å². The van der Waals surface area contributed by atoms with Gasteiger partial charge >= 0.3 is 5.97 Å². The van der Waals surface area contributed by atoms with Crippen LogP contribution in [0.25, 0.3) is 0 Å². The third-order valence-corrected chi connectivity index (χ3v) is 4.40. The van der Waals surface area contributed by atoms with Crippen molar-refractivity contribution < 1.29 is 23.5 Å². The van der Waals surface area contributed by atoms with Gasteiger partial charge in [-0.25, -0.2) is 4.79 Å². The molecule has 2 aromatic carbocycles. The molecule has 0 unspecified atom stereocenters. The van der Waals surface area contributed by atoms with Gasteiger partial charge in [0.25, 0.3) is 11.6 Å². The monoisotopic (exact) mass is 376 g/mol. The van der Waals surface area contributed by atoms with Crippen molar-refractivity contribution in [2.75, 3.05) is 11.6 Å². The summed E-state index contributed by atoms with van der Waals surface area (Å²) in [6.45, 7) is 1.34. The molecule has 0 bridgehead atoms. The number of rotatable bonds is 6. The third-order valence-electron chi connectivity index (χ3n) is 3.43. The second-order valence-electron chi connectivity index (χ2n) is 5.26. The lowest BCUT2D eigenvalue weighted by atomic mass is 10.2. The number of nitrogens with zero attached hydrogens (tertiary/aromatic N) is 1. The van der Waals surface area contributed by atoms with E-state index >= 15 is 0 Å². The van der Waals surface area contributed by atoms with Crippen molar-refractivity contribution in [3.8, 4) is 0 Å². The number of anilines is 1. The molecule has 26 heavy (non-hydrogen) atoms. The van der Waals surface area contributed by atoms with E-state index in [2.05, 4.69) is 5.32 Å². The van der Waals surface area contributed by atoms with Crippen LogP contribution in [-0.2, 0) is 20.3 Å². The fourth-order valence-corrected chi connectivity index (χ4v) is 2.87. The minimum Gasteiger partial charge on any atom is -0.449 e. The maximum Gasteiger partial charge on any atom is 0.340 e. The molecule has 0 fully saturated rings. The van der Waals surface area contributed by atoms with Crippen LogP contribution in [0.1, 0.15) is 17.3 Å². The van der Waals surface area contributed by atoms with E-state index in [0.717, 1.165) is 0 Å². The fraction of sp³-hybridized carbons (Fsp3) is 0.176. The van der Waals surface area contributed by atoms with Crippen LogP contribution < -0.4 is 5.32 Å². The summed E-state index contributed by atoms with van der Waals surface area (Å²) < 4.78 is 16.8. The van der Waals surface area contributed by atoms with Gasteiger partial charge in [0.1, 0.15) is 5.69 Å². The van der Waals surface area contributed by atoms with Crippen molar-refractivity contribution in [2.24, 2.45) is 0 Å². The van der Waals surface area contributed by atoms with E-state index < -0.39 is 33.7 Å². The Morgan fingerprint density at radius 3 is 2.42 bits per heavy atom. The van der Waals surface area contributed by atoms with Crippen molar-refractivity contribution in [1.82, 2.24) is 0 Å². The second kappa shape index (κ2) is 8.34. The zero-order valence-corrected chi connectivity index (χ0v) is 14.8. The third kappa shape index (κ3) is 4.51. The minimum atomic E-state index is -1.40. The van der Waals surface area contributed by atoms with Crippen molar-refractivity contribution in [3.05, 3.63) is 64.2 Å². The van der Waals surface area contributed by atoms with Crippen molar-refractivity contribution in [3.63, 3.8) is 0 Å². The van der Waals surface area contributed by atoms with Crippen LogP contribution in [0.4, 0.5) is 11.4 Å². The Kier molecular flexibility index (Phi) is 6.18.